The zero-order valence-electron chi connectivity index (χ0n) is 16.4. The number of amides is 1. The molecule has 1 saturated heterocycles. The normalized spacial score (nSPS) is 15.5. The summed E-state index contributed by atoms with van der Waals surface area (Å²) in [4.78, 5) is 26.5. The van der Waals surface area contributed by atoms with Gasteiger partial charge in [-0.15, -0.1) is 0 Å². The van der Waals surface area contributed by atoms with Gasteiger partial charge in [0, 0.05) is 39.1 Å². The monoisotopic (exact) mass is 429 g/mol. The van der Waals surface area contributed by atoms with Gasteiger partial charge in [0.1, 0.15) is 0 Å². The molecule has 0 aliphatic carbocycles. The van der Waals surface area contributed by atoms with Crippen LogP contribution in [0.25, 0.3) is 11.1 Å². The fourth-order valence-electron chi connectivity index (χ4n) is 3.69. The van der Waals surface area contributed by atoms with Crippen LogP contribution >= 0.6 is 0 Å². The number of carbonyl (C=O) groups is 1. The summed E-state index contributed by atoms with van der Waals surface area (Å²) >= 11 is 0. The topological polar surface area (TPSA) is 92.8 Å². The van der Waals surface area contributed by atoms with E-state index in [2.05, 4.69) is 0 Å². The van der Waals surface area contributed by atoms with E-state index in [1.807, 2.05) is 12.1 Å². The van der Waals surface area contributed by atoms with Crippen LogP contribution in [0, 0.1) is 0 Å². The minimum Gasteiger partial charge on any atom is -0.408 e. The van der Waals surface area contributed by atoms with Gasteiger partial charge in [-0.2, -0.15) is 4.31 Å². The highest BCUT2D eigenvalue weighted by Crippen LogP contribution is 2.18. The van der Waals surface area contributed by atoms with Gasteiger partial charge in [-0.25, -0.2) is 13.2 Å². The third-order valence-electron chi connectivity index (χ3n) is 5.32. The van der Waals surface area contributed by atoms with Crippen LogP contribution in [0.5, 0.6) is 0 Å². The Bertz CT molecular complexity index is 1190. The number of nitrogens with zero attached hydrogens (tertiary/aromatic N) is 3. The van der Waals surface area contributed by atoms with Crippen LogP contribution in [0.15, 0.2) is 68.7 Å². The second kappa shape index (κ2) is 8.45. The van der Waals surface area contributed by atoms with Crippen molar-refractivity contribution in [1.29, 1.82) is 0 Å². The number of aromatic nitrogens is 1. The average Bonchev–Trinajstić information content (AvgIpc) is 3.09. The molecule has 1 aliphatic heterocycles. The van der Waals surface area contributed by atoms with E-state index in [0.29, 0.717) is 31.6 Å². The number of hydrogen-bond acceptors (Lipinski definition) is 5. The van der Waals surface area contributed by atoms with E-state index in [9.17, 15) is 18.0 Å². The van der Waals surface area contributed by atoms with Gasteiger partial charge in [0.05, 0.1) is 10.4 Å². The van der Waals surface area contributed by atoms with Crippen LogP contribution in [0.1, 0.15) is 12.8 Å². The van der Waals surface area contributed by atoms with Crippen molar-refractivity contribution >= 4 is 27.0 Å². The summed E-state index contributed by atoms with van der Waals surface area (Å²) in [6.07, 6.45) is 0.794. The molecule has 0 atom stereocenters. The van der Waals surface area contributed by atoms with Crippen molar-refractivity contribution in [3.8, 4) is 0 Å². The molecule has 0 unspecified atom stereocenters. The van der Waals surface area contributed by atoms with Crippen LogP contribution in [-0.2, 0) is 21.4 Å². The Labute approximate surface area is 174 Å². The van der Waals surface area contributed by atoms with E-state index in [4.69, 9.17) is 4.42 Å². The average molecular weight is 429 g/mol. The molecule has 0 radical (unpaired) electrons. The molecule has 0 N–H and O–H groups in total. The summed E-state index contributed by atoms with van der Waals surface area (Å²) in [5.74, 6) is -0.462. The molecule has 1 aliphatic rings. The predicted octanol–water partition coefficient (Wildman–Crippen LogP) is 1.91. The minimum atomic E-state index is -3.54. The number of oxazole rings is 1. The van der Waals surface area contributed by atoms with Gasteiger partial charge in [0.25, 0.3) is 0 Å². The van der Waals surface area contributed by atoms with E-state index in [0.717, 1.165) is 5.52 Å². The van der Waals surface area contributed by atoms with Gasteiger partial charge in [-0.3, -0.25) is 9.36 Å². The summed E-state index contributed by atoms with van der Waals surface area (Å²) in [5.41, 5.74) is 1.25. The van der Waals surface area contributed by atoms with E-state index in [1.54, 1.807) is 47.4 Å². The number of fused-ring (bicyclic) bond motifs is 1. The molecule has 0 bridgehead atoms. The van der Waals surface area contributed by atoms with Crippen LogP contribution < -0.4 is 5.76 Å². The first kappa shape index (κ1) is 20.4. The van der Waals surface area contributed by atoms with Crippen LogP contribution in [-0.4, -0.2) is 54.3 Å². The molecule has 9 heteroatoms. The van der Waals surface area contributed by atoms with Crippen molar-refractivity contribution < 1.29 is 17.6 Å². The van der Waals surface area contributed by atoms with Crippen molar-refractivity contribution in [2.45, 2.75) is 24.3 Å². The van der Waals surface area contributed by atoms with Gasteiger partial charge in [-0.05, 0) is 30.7 Å². The Morgan fingerprint density at radius 2 is 1.60 bits per heavy atom. The largest absolute Gasteiger partial charge is 0.419 e. The highest BCUT2D eigenvalue weighted by Gasteiger charge is 2.29. The van der Waals surface area contributed by atoms with Crippen molar-refractivity contribution in [3.05, 3.63) is 65.1 Å². The Kier molecular flexibility index (Phi) is 5.74. The molecule has 8 nitrogen and oxygen atoms in total. The summed E-state index contributed by atoms with van der Waals surface area (Å²) in [7, 11) is -3.54. The lowest BCUT2D eigenvalue weighted by atomic mass is 10.2. The molecule has 2 heterocycles. The highest BCUT2D eigenvalue weighted by atomic mass is 32.2. The zero-order valence-corrected chi connectivity index (χ0v) is 17.3. The summed E-state index contributed by atoms with van der Waals surface area (Å²) in [6.45, 7) is 1.66. The lowest BCUT2D eigenvalue weighted by Crippen LogP contribution is -2.50. The number of benzene rings is 2. The molecule has 30 heavy (non-hydrogen) atoms. The summed E-state index contributed by atoms with van der Waals surface area (Å²) in [5, 5.41) is 0. The van der Waals surface area contributed by atoms with E-state index < -0.39 is 15.8 Å². The number of sulfonamides is 1. The zero-order chi connectivity index (χ0) is 21.1. The maximum Gasteiger partial charge on any atom is 0.419 e. The number of piperazine rings is 1. The Morgan fingerprint density at radius 3 is 2.33 bits per heavy atom. The number of carbonyl (C=O) groups excluding carboxylic acids is 1. The van der Waals surface area contributed by atoms with Crippen molar-refractivity contribution in [2.75, 3.05) is 26.2 Å². The SMILES string of the molecule is O=C(CCCn1c(=O)oc2ccccc21)N1CCN(S(=O)(=O)c2ccccc2)CC1. The van der Waals surface area contributed by atoms with E-state index in [-0.39, 0.29) is 30.3 Å². The number of para-hydroxylation sites is 2. The quantitative estimate of drug-likeness (QED) is 0.597. The van der Waals surface area contributed by atoms with Gasteiger partial charge >= 0.3 is 5.76 Å². The molecule has 2 aromatic carbocycles. The second-order valence-corrected chi connectivity index (χ2v) is 9.13. The third-order valence-corrected chi connectivity index (χ3v) is 7.23. The summed E-state index contributed by atoms with van der Waals surface area (Å²) < 4.78 is 33.5. The lowest BCUT2D eigenvalue weighted by molar-refractivity contribution is -0.132. The second-order valence-electron chi connectivity index (χ2n) is 7.19. The van der Waals surface area contributed by atoms with E-state index in [1.165, 1.54) is 8.87 Å². The fraction of sp³-hybridized carbons (Fsp3) is 0.333. The molecule has 0 spiro atoms. The minimum absolute atomic E-state index is 0.0346. The fourth-order valence-corrected chi connectivity index (χ4v) is 5.13. The Balaban J connectivity index is 1.31. The third kappa shape index (κ3) is 4.03. The van der Waals surface area contributed by atoms with Gasteiger partial charge < -0.3 is 9.32 Å². The predicted molar refractivity (Wildman–Crippen MR) is 111 cm³/mol. The first-order valence-electron chi connectivity index (χ1n) is 9.88. The molecule has 1 aromatic heterocycles. The molecular weight excluding hydrogens is 406 g/mol. The standard InChI is InChI=1S/C21H23N3O5S/c25-20(11-6-12-24-18-9-4-5-10-19(18)29-21(24)26)22-13-15-23(16-14-22)30(27,28)17-7-2-1-3-8-17/h1-5,7-10H,6,11-16H2. The molecule has 4 rings (SSSR count). The van der Waals surface area contributed by atoms with Crippen molar-refractivity contribution in [1.82, 2.24) is 13.8 Å². The maximum absolute atomic E-state index is 12.7. The Hall–Kier alpha value is -2.91. The molecule has 1 amide bonds. The van der Waals surface area contributed by atoms with Crippen molar-refractivity contribution in [3.63, 3.8) is 0 Å². The summed E-state index contributed by atoms with van der Waals surface area (Å²) in [6, 6.07) is 15.5. The molecule has 1 fully saturated rings. The van der Waals surface area contributed by atoms with Gasteiger partial charge in [-0.1, -0.05) is 30.3 Å². The van der Waals surface area contributed by atoms with Crippen LogP contribution in [0.4, 0.5) is 0 Å². The van der Waals surface area contributed by atoms with Gasteiger partial charge in [0.15, 0.2) is 5.58 Å². The lowest BCUT2D eigenvalue weighted by Gasteiger charge is -2.34. The van der Waals surface area contributed by atoms with Crippen molar-refractivity contribution in [2.24, 2.45) is 0 Å². The van der Waals surface area contributed by atoms with Crippen LogP contribution in [0.2, 0.25) is 0 Å². The molecule has 0 saturated carbocycles. The van der Waals surface area contributed by atoms with Crippen LogP contribution in [0.3, 0.4) is 0 Å². The highest BCUT2D eigenvalue weighted by molar-refractivity contribution is 7.89. The molecular formula is C21H23N3O5S. The number of rotatable bonds is 6. The number of hydrogen-bond donors (Lipinski definition) is 0. The number of aryl methyl sites for hydroxylation is 1. The first-order chi connectivity index (χ1) is 14.5. The van der Waals surface area contributed by atoms with Gasteiger partial charge in [0.2, 0.25) is 15.9 Å². The Morgan fingerprint density at radius 1 is 0.933 bits per heavy atom. The molecule has 158 valence electrons. The molecule has 3 aromatic rings. The first-order valence-corrected chi connectivity index (χ1v) is 11.3. The smallest absolute Gasteiger partial charge is 0.408 e. The van der Waals surface area contributed by atoms with E-state index >= 15 is 0 Å². The maximum atomic E-state index is 12.7.